The largest absolute Gasteiger partial charge is 0.493 e. The van der Waals surface area contributed by atoms with Crippen LogP contribution in [0.25, 0.3) is 5.69 Å². The molecule has 2 aromatic carbocycles. The number of rotatable bonds is 7. The molecule has 0 bridgehead atoms. The van der Waals surface area contributed by atoms with E-state index in [-0.39, 0.29) is 24.0 Å². The Kier molecular flexibility index (Phi) is 6.11. The summed E-state index contributed by atoms with van der Waals surface area (Å²) in [5, 5.41) is 4.29. The molecule has 166 valence electrons. The Morgan fingerprint density at radius 1 is 1.09 bits per heavy atom. The molecule has 0 aliphatic carbocycles. The fourth-order valence-electron chi connectivity index (χ4n) is 4.02. The van der Waals surface area contributed by atoms with Gasteiger partial charge in [-0.2, -0.15) is 5.10 Å². The van der Waals surface area contributed by atoms with Crippen molar-refractivity contribution in [2.24, 2.45) is 5.92 Å². The van der Waals surface area contributed by atoms with E-state index in [1.807, 2.05) is 36.4 Å². The second kappa shape index (κ2) is 9.13. The highest BCUT2D eigenvalue weighted by molar-refractivity contribution is 6.02. The first-order valence-corrected chi connectivity index (χ1v) is 10.4. The molecule has 0 spiro atoms. The number of carbonyl (C=O) groups excluding carboxylic acids is 2. The fourth-order valence-corrected chi connectivity index (χ4v) is 4.02. The summed E-state index contributed by atoms with van der Waals surface area (Å²) >= 11 is 0. The van der Waals surface area contributed by atoms with E-state index in [0.29, 0.717) is 42.4 Å². The van der Waals surface area contributed by atoms with E-state index in [1.165, 1.54) is 6.20 Å². The highest BCUT2D eigenvalue weighted by Gasteiger charge is 2.33. The van der Waals surface area contributed by atoms with E-state index in [2.05, 4.69) is 5.10 Å². The number of likely N-dealkylation sites (tertiary alicyclic amines) is 1. The molecule has 1 aliphatic heterocycles. The molecule has 1 unspecified atom stereocenters. The number of nitrogens with zero attached hydrogens (tertiary/aromatic N) is 3. The maximum Gasteiger partial charge on any atom is 0.227 e. The molecule has 2 N–H and O–H groups in total. The van der Waals surface area contributed by atoms with Crippen molar-refractivity contribution in [2.45, 2.75) is 12.8 Å². The molecule has 8 nitrogen and oxygen atoms in total. The van der Waals surface area contributed by atoms with Crippen molar-refractivity contribution in [1.82, 2.24) is 14.7 Å². The van der Waals surface area contributed by atoms with Crippen molar-refractivity contribution < 1.29 is 19.1 Å². The first-order valence-electron chi connectivity index (χ1n) is 10.4. The second-order valence-corrected chi connectivity index (χ2v) is 7.75. The summed E-state index contributed by atoms with van der Waals surface area (Å²) in [6.45, 7) is 0.913. The smallest absolute Gasteiger partial charge is 0.227 e. The van der Waals surface area contributed by atoms with E-state index >= 15 is 0 Å². The van der Waals surface area contributed by atoms with Gasteiger partial charge in [-0.1, -0.05) is 24.3 Å². The van der Waals surface area contributed by atoms with Crippen LogP contribution in [0.5, 0.6) is 11.5 Å². The molecule has 1 saturated heterocycles. The Balaban J connectivity index is 1.42. The normalized spacial score (nSPS) is 15.6. The monoisotopic (exact) mass is 434 g/mol. The lowest BCUT2D eigenvalue weighted by atomic mass is 9.98. The predicted molar refractivity (Wildman–Crippen MR) is 120 cm³/mol. The zero-order valence-corrected chi connectivity index (χ0v) is 18.2. The first kappa shape index (κ1) is 21.4. The van der Waals surface area contributed by atoms with Gasteiger partial charge in [0, 0.05) is 19.0 Å². The number of anilines is 1. The minimum absolute atomic E-state index is 0.0273. The number of nitrogen functional groups attached to an aromatic ring is 1. The number of hydrogen-bond donors (Lipinski definition) is 1. The lowest BCUT2D eigenvalue weighted by Gasteiger charge is -2.17. The molecule has 32 heavy (non-hydrogen) atoms. The van der Waals surface area contributed by atoms with Crippen LogP contribution in [0.15, 0.2) is 54.7 Å². The number of aromatic nitrogens is 2. The molecular formula is C24H26N4O4. The third kappa shape index (κ3) is 4.16. The van der Waals surface area contributed by atoms with Crippen LogP contribution in [0.1, 0.15) is 22.3 Å². The molecule has 4 rings (SSSR count). The lowest BCUT2D eigenvalue weighted by molar-refractivity contribution is -0.129. The topological polar surface area (TPSA) is 99.7 Å². The minimum atomic E-state index is -0.292. The molecule has 1 aromatic heterocycles. The van der Waals surface area contributed by atoms with Crippen molar-refractivity contribution in [3.05, 3.63) is 65.9 Å². The average molecular weight is 434 g/mol. The number of ether oxygens (including phenoxy) is 2. The van der Waals surface area contributed by atoms with E-state index in [1.54, 1.807) is 35.9 Å². The number of hydrogen-bond acceptors (Lipinski definition) is 6. The minimum Gasteiger partial charge on any atom is -0.493 e. The standard InChI is InChI=1S/C24H26N4O4/c1-31-20-9-8-16(12-21(20)32-2)13-22(29)27-11-10-17(15-27)23(30)19-14-26-28(24(19)25)18-6-4-3-5-7-18/h3-9,12,14,17H,10-11,13,15,25H2,1-2H3. The van der Waals surface area contributed by atoms with Crippen LogP contribution in [0.2, 0.25) is 0 Å². The molecule has 1 aliphatic rings. The molecular weight excluding hydrogens is 408 g/mol. The van der Waals surface area contributed by atoms with Crippen LogP contribution < -0.4 is 15.2 Å². The third-order valence-electron chi connectivity index (χ3n) is 5.79. The fraction of sp³-hybridized carbons (Fsp3) is 0.292. The van der Waals surface area contributed by atoms with Crippen LogP contribution in [0.3, 0.4) is 0 Å². The molecule has 3 aromatic rings. The summed E-state index contributed by atoms with van der Waals surface area (Å²) in [6, 6.07) is 14.9. The zero-order valence-electron chi connectivity index (χ0n) is 18.2. The SMILES string of the molecule is COc1ccc(CC(=O)N2CCC(C(=O)c3cnn(-c4ccccc4)c3N)C2)cc1OC. The van der Waals surface area contributed by atoms with Gasteiger partial charge in [0.2, 0.25) is 5.91 Å². The van der Waals surface area contributed by atoms with E-state index in [0.717, 1.165) is 11.3 Å². The molecule has 1 atom stereocenters. The van der Waals surface area contributed by atoms with Gasteiger partial charge in [0.15, 0.2) is 17.3 Å². The van der Waals surface area contributed by atoms with Crippen LogP contribution in [-0.2, 0) is 11.2 Å². The van der Waals surface area contributed by atoms with Gasteiger partial charge in [-0.05, 0) is 36.2 Å². The van der Waals surface area contributed by atoms with E-state index in [4.69, 9.17) is 15.2 Å². The number of para-hydroxylation sites is 1. The Morgan fingerprint density at radius 3 is 2.56 bits per heavy atom. The van der Waals surface area contributed by atoms with Crippen LogP contribution in [0.4, 0.5) is 5.82 Å². The van der Waals surface area contributed by atoms with Gasteiger partial charge in [0.25, 0.3) is 0 Å². The van der Waals surface area contributed by atoms with Crippen LogP contribution in [0, 0.1) is 5.92 Å². The van der Waals surface area contributed by atoms with Gasteiger partial charge in [-0.25, -0.2) is 4.68 Å². The van der Waals surface area contributed by atoms with Crippen molar-refractivity contribution in [1.29, 1.82) is 0 Å². The van der Waals surface area contributed by atoms with Gasteiger partial charge in [0.05, 0.1) is 38.1 Å². The van der Waals surface area contributed by atoms with E-state index in [9.17, 15) is 9.59 Å². The zero-order chi connectivity index (χ0) is 22.7. The van der Waals surface area contributed by atoms with Gasteiger partial charge in [0.1, 0.15) is 5.82 Å². The first-order chi connectivity index (χ1) is 15.5. The number of benzene rings is 2. The Bertz CT molecular complexity index is 1130. The summed E-state index contributed by atoms with van der Waals surface area (Å²) in [6.07, 6.45) is 2.35. The molecule has 8 heteroatoms. The molecule has 1 amide bonds. The quantitative estimate of drug-likeness (QED) is 0.574. The van der Waals surface area contributed by atoms with Gasteiger partial charge in [-0.3, -0.25) is 9.59 Å². The average Bonchev–Trinajstić information content (AvgIpc) is 3.46. The summed E-state index contributed by atoms with van der Waals surface area (Å²) in [7, 11) is 3.13. The maximum atomic E-state index is 13.1. The van der Waals surface area contributed by atoms with Crippen molar-refractivity contribution in [3.8, 4) is 17.2 Å². The summed E-state index contributed by atoms with van der Waals surface area (Å²) in [4.78, 5) is 27.7. The summed E-state index contributed by atoms with van der Waals surface area (Å²) in [5.41, 5.74) is 8.25. The molecule has 2 heterocycles. The Hall–Kier alpha value is -3.81. The number of Topliss-reactive ketones (excluding diaryl/α,β-unsaturated/α-hetero) is 1. The Labute approximate surface area is 186 Å². The third-order valence-corrected chi connectivity index (χ3v) is 5.79. The van der Waals surface area contributed by atoms with Gasteiger partial charge >= 0.3 is 0 Å². The number of methoxy groups -OCH3 is 2. The summed E-state index contributed by atoms with van der Waals surface area (Å²) < 4.78 is 12.1. The number of amides is 1. The second-order valence-electron chi connectivity index (χ2n) is 7.75. The highest BCUT2D eigenvalue weighted by Crippen LogP contribution is 2.29. The highest BCUT2D eigenvalue weighted by atomic mass is 16.5. The molecule has 0 radical (unpaired) electrons. The van der Waals surface area contributed by atoms with Crippen LogP contribution >= 0.6 is 0 Å². The summed E-state index contributed by atoms with van der Waals surface area (Å²) in [5.74, 6) is 1.12. The molecule has 1 fully saturated rings. The van der Waals surface area contributed by atoms with Crippen molar-refractivity contribution in [3.63, 3.8) is 0 Å². The molecule has 0 saturated carbocycles. The van der Waals surface area contributed by atoms with Gasteiger partial charge in [-0.15, -0.1) is 0 Å². The lowest BCUT2D eigenvalue weighted by Crippen LogP contribution is -2.31. The number of nitrogens with two attached hydrogens (primary N) is 1. The van der Waals surface area contributed by atoms with Crippen molar-refractivity contribution in [2.75, 3.05) is 33.0 Å². The Morgan fingerprint density at radius 2 is 1.84 bits per heavy atom. The maximum absolute atomic E-state index is 13.1. The number of carbonyl (C=O) groups is 2. The van der Waals surface area contributed by atoms with Gasteiger partial charge < -0.3 is 20.1 Å². The number of ketones is 1. The van der Waals surface area contributed by atoms with Crippen LogP contribution in [-0.4, -0.2) is 53.7 Å². The van der Waals surface area contributed by atoms with Crippen molar-refractivity contribution >= 4 is 17.5 Å². The predicted octanol–water partition coefficient (Wildman–Crippen LogP) is 2.75. The van der Waals surface area contributed by atoms with E-state index < -0.39 is 0 Å².